The molecule has 1 unspecified atom stereocenters. The van der Waals surface area contributed by atoms with Crippen molar-refractivity contribution < 1.29 is 14.2 Å². The molecular weight excluding hydrogens is 486 g/mol. The Morgan fingerprint density at radius 1 is 0.590 bits per heavy atom. The van der Waals surface area contributed by atoms with Crippen molar-refractivity contribution >= 4 is 11.0 Å². The summed E-state index contributed by atoms with van der Waals surface area (Å²) in [5.41, 5.74) is 1.89. The van der Waals surface area contributed by atoms with Gasteiger partial charge in [0.15, 0.2) is 12.5 Å². The zero-order chi connectivity index (χ0) is 27.8. The maximum atomic E-state index is 6.48. The van der Waals surface area contributed by atoms with Crippen molar-refractivity contribution in [2.75, 3.05) is 19.8 Å². The summed E-state index contributed by atoms with van der Waals surface area (Å²) in [4.78, 5) is 0. The number of benzene rings is 1. The Labute approximate surface area is 239 Å². The molecule has 0 aliphatic heterocycles. The first-order chi connectivity index (χ1) is 19.3. The number of hydrogen-bond donors (Lipinski definition) is 0. The lowest BCUT2D eigenvalue weighted by Gasteiger charge is -2.25. The van der Waals surface area contributed by atoms with Gasteiger partial charge >= 0.3 is 0 Å². The molecule has 39 heavy (non-hydrogen) atoms. The second-order valence-corrected chi connectivity index (χ2v) is 11.1. The van der Waals surface area contributed by atoms with E-state index in [0.29, 0.717) is 13.0 Å². The molecule has 0 aliphatic carbocycles. The third-order valence-corrected chi connectivity index (χ3v) is 7.46. The third kappa shape index (κ3) is 15.2. The van der Waals surface area contributed by atoms with Gasteiger partial charge in [-0.15, -0.1) is 5.10 Å². The number of rotatable bonds is 27. The highest BCUT2D eigenvalue weighted by Crippen LogP contribution is 2.24. The van der Waals surface area contributed by atoms with Crippen molar-refractivity contribution in [2.24, 2.45) is 0 Å². The number of ether oxygens (including phenoxy) is 3. The van der Waals surface area contributed by atoms with E-state index in [4.69, 9.17) is 14.2 Å². The summed E-state index contributed by atoms with van der Waals surface area (Å²) in [6, 6.07) is 8.11. The molecule has 0 N–H and O–H groups in total. The fourth-order valence-electron chi connectivity index (χ4n) is 4.98. The molecule has 0 spiro atoms. The second-order valence-electron chi connectivity index (χ2n) is 11.1. The highest BCUT2D eigenvalue weighted by atomic mass is 16.7. The van der Waals surface area contributed by atoms with Crippen LogP contribution in [0.4, 0.5) is 0 Å². The van der Waals surface area contributed by atoms with Crippen LogP contribution in [0.1, 0.15) is 149 Å². The molecule has 224 valence electrons. The highest BCUT2D eigenvalue weighted by Gasteiger charge is 2.23. The van der Waals surface area contributed by atoms with Crippen LogP contribution in [0, 0.1) is 0 Å². The van der Waals surface area contributed by atoms with Gasteiger partial charge in [0.05, 0.1) is 5.52 Å². The fraction of sp³-hybridized carbons (Fsp3) is 0.818. The normalized spacial score (nSPS) is 12.6. The van der Waals surface area contributed by atoms with Gasteiger partial charge in [0.2, 0.25) is 0 Å². The van der Waals surface area contributed by atoms with Crippen LogP contribution >= 0.6 is 0 Å². The van der Waals surface area contributed by atoms with Crippen LogP contribution in [-0.4, -0.2) is 41.1 Å². The van der Waals surface area contributed by atoms with Gasteiger partial charge in [-0.2, -0.15) is 0 Å². The maximum Gasteiger partial charge on any atom is 0.161 e. The number of unbranched alkanes of at least 4 members (excludes halogenated alkanes) is 15. The van der Waals surface area contributed by atoms with E-state index in [1.807, 2.05) is 22.9 Å². The quantitative estimate of drug-likeness (QED) is 0.0826. The molecular formula is C33H59N3O3. The average molecular weight is 546 g/mol. The number of para-hydroxylation sites is 1. The molecule has 0 saturated heterocycles. The standard InChI is InChI=1S/C33H59N3O3/c1-4-7-10-13-16-21-26-37-32(36-31-25-20-19-24-30(31)34-35-36)29-33(38-27-22-17-14-11-8-5-2)39-28-23-18-15-12-9-6-3/h19-20,24-25,32-33H,4-18,21-23,26-29H2,1-3H3. The number of hydrogen-bond acceptors (Lipinski definition) is 5. The van der Waals surface area contributed by atoms with Crippen LogP contribution in [0.25, 0.3) is 11.0 Å². The molecule has 1 heterocycles. The Bertz CT molecular complexity index is 794. The van der Waals surface area contributed by atoms with Crippen LogP contribution in [0.3, 0.4) is 0 Å². The minimum atomic E-state index is -0.297. The molecule has 1 atom stereocenters. The summed E-state index contributed by atoms with van der Waals surface area (Å²) in [5.74, 6) is 0. The van der Waals surface area contributed by atoms with E-state index in [2.05, 4.69) is 37.1 Å². The van der Waals surface area contributed by atoms with Crippen LogP contribution < -0.4 is 0 Å². The fourth-order valence-corrected chi connectivity index (χ4v) is 4.98. The molecule has 0 fully saturated rings. The molecule has 0 radical (unpaired) electrons. The number of fused-ring (bicyclic) bond motifs is 1. The molecule has 1 aromatic heterocycles. The van der Waals surface area contributed by atoms with Crippen molar-refractivity contribution in [1.82, 2.24) is 15.0 Å². The number of nitrogens with zero attached hydrogens (tertiary/aromatic N) is 3. The van der Waals surface area contributed by atoms with Crippen LogP contribution in [0.15, 0.2) is 24.3 Å². The van der Waals surface area contributed by atoms with Gasteiger partial charge < -0.3 is 14.2 Å². The molecule has 6 heteroatoms. The minimum absolute atomic E-state index is 0.257. The zero-order valence-corrected chi connectivity index (χ0v) is 25.6. The van der Waals surface area contributed by atoms with Crippen molar-refractivity contribution in [3.63, 3.8) is 0 Å². The summed E-state index contributed by atoms with van der Waals surface area (Å²) in [5, 5.41) is 8.89. The van der Waals surface area contributed by atoms with Gasteiger partial charge in [-0.25, -0.2) is 4.68 Å². The lowest BCUT2D eigenvalue weighted by molar-refractivity contribution is -0.174. The Balaban J connectivity index is 1.96. The summed E-state index contributed by atoms with van der Waals surface area (Å²) < 4.78 is 21.1. The van der Waals surface area contributed by atoms with Gasteiger partial charge in [-0.3, -0.25) is 0 Å². The SMILES string of the molecule is CCCCCCCCOC(CC(OCCCCCCCC)n1nnc2ccccc21)OCCCCCCCC. The molecule has 0 aliphatic rings. The Morgan fingerprint density at radius 2 is 1.05 bits per heavy atom. The van der Waals surface area contributed by atoms with Crippen molar-refractivity contribution in [2.45, 2.75) is 155 Å². The van der Waals surface area contributed by atoms with Gasteiger partial charge in [-0.05, 0) is 31.4 Å². The van der Waals surface area contributed by atoms with Crippen LogP contribution in [-0.2, 0) is 14.2 Å². The molecule has 1 aromatic carbocycles. The first kappa shape index (κ1) is 33.7. The zero-order valence-electron chi connectivity index (χ0n) is 25.6. The van der Waals surface area contributed by atoms with E-state index < -0.39 is 0 Å². The Kier molecular flexibility index (Phi) is 20.1. The van der Waals surface area contributed by atoms with E-state index in [-0.39, 0.29) is 12.5 Å². The molecule has 0 bridgehead atoms. The Hall–Kier alpha value is -1.50. The summed E-state index contributed by atoms with van der Waals surface area (Å²) in [6.07, 6.45) is 22.5. The van der Waals surface area contributed by atoms with Crippen molar-refractivity contribution in [3.8, 4) is 0 Å². The van der Waals surface area contributed by atoms with E-state index in [9.17, 15) is 0 Å². The molecule has 6 nitrogen and oxygen atoms in total. The smallest absolute Gasteiger partial charge is 0.161 e. The van der Waals surface area contributed by atoms with E-state index in [1.165, 1.54) is 96.3 Å². The van der Waals surface area contributed by atoms with Crippen LogP contribution in [0.5, 0.6) is 0 Å². The summed E-state index contributed by atoms with van der Waals surface area (Å²) >= 11 is 0. The lowest BCUT2D eigenvalue weighted by Crippen LogP contribution is -2.26. The van der Waals surface area contributed by atoms with Gasteiger partial charge in [0.25, 0.3) is 0 Å². The van der Waals surface area contributed by atoms with Crippen LogP contribution in [0.2, 0.25) is 0 Å². The topological polar surface area (TPSA) is 58.4 Å². The molecule has 0 saturated carbocycles. The highest BCUT2D eigenvalue weighted by molar-refractivity contribution is 5.73. The predicted molar refractivity (Wildman–Crippen MR) is 163 cm³/mol. The molecule has 0 amide bonds. The Morgan fingerprint density at radius 3 is 1.59 bits per heavy atom. The summed E-state index contributed by atoms with van der Waals surface area (Å²) in [7, 11) is 0. The molecule has 2 rings (SSSR count). The second kappa shape index (κ2) is 23.2. The van der Waals surface area contributed by atoms with Gasteiger partial charge in [0, 0.05) is 26.2 Å². The molecule has 2 aromatic rings. The minimum Gasteiger partial charge on any atom is -0.356 e. The first-order valence-corrected chi connectivity index (χ1v) is 16.4. The lowest BCUT2D eigenvalue weighted by atomic mass is 10.1. The van der Waals surface area contributed by atoms with Crippen molar-refractivity contribution in [3.05, 3.63) is 24.3 Å². The summed E-state index contributed by atoms with van der Waals surface area (Å²) in [6.45, 7) is 8.96. The third-order valence-electron chi connectivity index (χ3n) is 7.46. The van der Waals surface area contributed by atoms with Gasteiger partial charge in [-0.1, -0.05) is 134 Å². The largest absolute Gasteiger partial charge is 0.356 e. The van der Waals surface area contributed by atoms with E-state index in [1.54, 1.807) is 0 Å². The predicted octanol–water partition coefficient (Wildman–Crippen LogP) is 9.78. The van der Waals surface area contributed by atoms with E-state index in [0.717, 1.165) is 43.5 Å². The van der Waals surface area contributed by atoms with Crippen molar-refractivity contribution in [1.29, 1.82) is 0 Å². The first-order valence-electron chi connectivity index (χ1n) is 16.4. The van der Waals surface area contributed by atoms with Gasteiger partial charge in [0.1, 0.15) is 5.52 Å². The number of aromatic nitrogens is 3. The average Bonchev–Trinajstić information content (AvgIpc) is 3.39. The maximum absolute atomic E-state index is 6.48. The van der Waals surface area contributed by atoms with E-state index >= 15 is 0 Å². The monoisotopic (exact) mass is 545 g/mol.